The van der Waals surface area contributed by atoms with Crippen molar-refractivity contribution in [3.8, 4) is 0 Å². The van der Waals surface area contributed by atoms with Crippen LogP contribution in [0.1, 0.15) is 361 Å². The van der Waals surface area contributed by atoms with Gasteiger partial charge >= 0.3 is 17.9 Å². The van der Waals surface area contributed by atoms with Gasteiger partial charge in [0.1, 0.15) is 13.2 Å². The van der Waals surface area contributed by atoms with Gasteiger partial charge in [-0.05, 0) is 89.9 Å². The Morgan fingerprint density at radius 2 is 0.462 bits per heavy atom. The second kappa shape index (κ2) is 66.6. The summed E-state index contributed by atoms with van der Waals surface area (Å²) < 4.78 is 16.9. The van der Waals surface area contributed by atoms with Gasteiger partial charge in [0, 0.05) is 19.3 Å². The molecule has 0 aromatic carbocycles. The Hall–Kier alpha value is -2.89. The summed E-state index contributed by atoms with van der Waals surface area (Å²) in [6.07, 6.45) is 85.5. The molecule has 0 aromatic rings. The SMILES string of the molecule is CCCCCC/C=C\C/C=C\CCCCCCCCCC(=O)OC(COC(=O)CCCCCCCCCCC)COC(=O)CCCCCCCCCCCCCCCCCCCC/C=C\C/C=C\C/C=C\CCCCCCC. The van der Waals surface area contributed by atoms with Crippen LogP contribution in [0.3, 0.4) is 0 Å². The largest absolute Gasteiger partial charge is 0.462 e. The maximum absolute atomic E-state index is 12.9. The Morgan fingerprint density at radius 1 is 0.256 bits per heavy atom. The molecule has 0 bridgehead atoms. The number of unbranched alkanes of at least 4 members (excludes halogenated alkanes) is 42. The molecule has 0 saturated carbocycles. The van der Waals surface area contributed by atoms with Gasteiger partial charge in [-0.2, -0.15) is 0 Å². The standard InChI is InChI=1S/C72H130O6/c1-4-7-10-13-16-19-21-23-25-27-29-30-31-32-33-34-35-36-37-38-39-40-41-42-43-45-46-48-50-53-56-59-62-65-71(74)77-68-69(67-76-70(73)64-61-58-55-52-18-15-12-9-6-3)78-72(75)66-63-60-57-54-51-49-47-44-28-26-24-22-20-17-14-11-8-5-2/h20-23,26-29,31-32,69H,4-19,24-25,30,33-68H2,1-3H3/b22-20-,23-21-,28-26-,29-27-,32-31-. The molecule has 0 spiro atoms. The average Bonchev–Trinajstić information content (AvgIpc) is 3.44. The fourth-order valence-corrected chi connectivity index (χ4v) is 10.1. The number of esters is 3. The monoisotopic (exact) mass is 1090 g/mol. The molecule has 6 heteroatoms. The van der Waals surface area contributed by atoms with Crippen molar-refractivity contribution in [3.63, 3.8) is 0 Å². The number of carbonyl (C=O) groups is 3. The minimum atomic E-state index is -0.775. The van der Waals surface area contributed by atoms with Gasteiger partial charge < -0.3 is 14.2 Å². The molecule has 0 amide bonds. The molecular weight excluding hydrogens is 961 g/mol. The van der Waals surface area contributed by atoms with E-state index in [0.717, 1.165) is 83.5 Å². The van der Waals surface area contributed by atoms with Gasteiger partial charge in [0.2, 0.25) is 0 Å². The topological polar surface area (TPSA) is 78.9 Å². The third-order valence-corrected chi connectivity index (χ3v) is 15.2. The lowest BCUT2D eigenvalue weighted by molar-refractivity contribution is -0.167. The highest BCUT2D eigenvalue weighted by Crippen LogP contribution is 2.17. The molecule has 0 aliphatic carbocycles. The van der Waals surface area contributed by atoms with E-state index in [2.05, 4.69) is 81.5 Å². The second-order valence-electron chi connectivity index (χ2n) is 23.1. The van der Waals surface area contributed by atoms with E-state index in [1.807, 2.05) is 0 Å². The fourth-order valence-electron chi connectivity index (χ4n) is 10.1. The summed E-state index contributed by atoms with van der Waals surface area (Å²) in [5, 5.41) is 0. The molecule has 0 aromatic heterocycles. The normalized spacial score (nSPS) is 12.4. The van der Waals surface area contributed by atoms with Gasteiger partial charge in [0.15, 0.2) is 6.10 Å². The highest BCUT2D eigenvalue weighted by molar-refractivity contribution is 5.71. The van der Waals surface area contributed by atoms with Crippen LogP contribution in [0, 0.1) is 0 Å². The summed E-state index contributed by atoms with van der Waals surface area (Å²) in [6, 6.07) is 0. The smallest absolute Gasteiger partial charge is 0.306 e. The first-order valence-electron chi connectivity index (χ1n) is 34.3. The molecule has 78 heavy (non-hydrogen) atoms. The van der Waals surface area contributed by atoms with Gasteiger partial charge in [0.05, 0.1) is 0 Å². The number of hydrogen-bond acceptors (Lipinski definition) is 6. The van der Waals surface area contributed by atoms with E-state index < -0.39 is 6.10 Å². The lowest BCUT2D eigenvalue weighted by Gasteiger charge is -2.18. The third kappa shape index (κ3) is 63.9. The molecule has 0 aliphatic rings. The van der Waals surface area contributed by atoms with Gasteiger partial charge in [-0.15, -0.1) is 0 Å². The van der Waals surface area contributed by atoms with Crippen molar-refractivity contribution in [1.29, 1.82) is 0 Å². The van der Waals surface area contributed by atoms with Gasteiger partial charge in [-0.25, -0.2) is 0 Å². The molecule has 0 radical (unpaired) electrons. The molecule has 1 atom stereocenters. The van der Waals surface area contributed by atoms with Crippen LogP contribution in [-0.2, 0) is 28.6 Å². The maximum Gasteiger partial charge on any atom is 0.306 e. The Balaban J connectivity index is 4.07. The van der Waals surface area contributed by atoms with Crippen LogP contribution in [0.5, 0.6) is 0 Å². The first-order valence-corrected chi connectivity index (χ1v) is 34.3. The first-order chi connectivity index (χ1) is 38.5. The summed E-state index contributed by atoms with van der Waals surface area (Å²) in [6.45, 7) is 6.63. The summed E-state index contributed by atoms with van der Waals surface area (Å²) in [5.41, 5.74) is 0. The van der Waals surface area contributed by atoms with Crippen LogP contribution >= 0.6 is 0 Å². The number of rotatable bonds is 63. The lowest BCUT2D eigenvalue weighted by Crippen LogP contribution is -2.30. The third-order valence-electron chi connectivity index (χ3n) is 15.2. The van der Waals surface area contributed by atoms with Gasteiger partial charge in [-0.1, -0.05) is 313 Å². The number of allylic oxidation sites excluding steroid dienone is 10. The zero-order valence-electron chi connectivity index (χ0n) is 52.2. The maximum atomic E-state index is 12.9. The van der Waals surface area contributed by atoms with Crippen LogP contribution in [0.25, 0.3) is 0 Å². The van der Waals surface area contributed by atoms with E-state index in [-0.39, 0.29) is 31.1 Å². The van der Waals surface area contributed by atoms with Crippen molar-refractivity contribution in [2.45, 2.75) is 367 Å². The number of hydrogen-bond donors (Lipinski definition) is 0. The molecular formula is C72H130O6. The van der Waals surface area contributed by atoms with Gasteiger partial charge in [-0.3, -0.25) is 14.4 Å². The van der Waals surface area contributed by atoms with E-state index >= 15 is 0 Å². The first kappa shape index (κ1) is 75.1. The Bertz CT molecular complexity index is 1390. The molecule has 0 saturated heterocycles. The van der Waals surface area contributed by atoms with Crippen LogP contribution in [0.15, 0.2) is 60.8 Å². The Labute approximate surface area is 485 Å². The second-order valence-corrected chi connectivity index (χ2v) is 23.1. The Kier molecular flexibility index (Phi) is 64.2. The van der Waals surface area contributed by atoms with Crippen LogP contribution in [-0.4, -0.2) is 37.2 Å². The minimum Gasteiger partial charge on any atom is -0.462 e. The predicted octanol–water partition coefficient (Wildman–Crippen LogP) is 23.5. The molecule has 6 nitrogen and oxygen atoms in total. The van der Waals surface area contributed by atoms with Crippen molar-refractivity contribution in [2.24, 2.45) is 0 Å². The van der Waals surface area contributed by atoms with Crippen molar-refractivity contribution in [2.75, 3.05) is 13.2 Å². The van der Waals surface area contributed by atoms with E-state index in [1.54, 1.807) is 0 Å². The molecule has 1 unspecified atom stereocenters. The number of ether oxygens (including phenoxy) is 3. The number of carbonyl (C=O) groups excluding carboxylic acids is 3. The Morgan fingerprint density at radius 3 is 0.731 bits per heavy atom. The van der Waals surface area contributed by atoms with E-state index in [0.29, 0.717) is 19.3 Å². The minimum absolute atomic E-state index is 0.0730. The summed E-state index contributed by atoms with van der Waals surface area (Å²) in [4.78, 5) is 38.2. The molecule has 0 N–H and O–H groups in total. The van der Waals surface area contributed by atoms with Crippen molar-refractivity contribution < 1.29 is 28.6 Å². The average molecular weight is 1090 g/mol. The van der Waals surface area contributed by atoms with E-state index in [4.69, 9.17) is 14.2 Å². The van der Waals surface area contributed by atoms with Crippen molar-refractivity contribution in [3.05, 3.63) is 60.8 Å². The van der Waals surface area contributed by atoms with Crippen LogP contribution in [0.4, 0.5) is 0 Å². The van der Waals surface area contributed by atoms with E-state index in [9.17, 15) is 14.4 Å². The lowest BCUT2D eigenvalue weighted by atomic mass is 10.0. The molecule has 0 rings (SSSR count). The quantitative estimate of drug-likeness (QED) is 0.0261. The summed E-state index contributed by atoms with van der Waals surface area (Å²) in [5.74, 6) is -0.864. The highest BCUT2D eigenvalue weighted by atomic mass is 16.6. The summed E-state index contributed by atoms with van der Waals surface area (Å²) in [7, 11) is 0. The molecule has 0 fully saturated rings. The zero-order valence-corrected chi connectivity index (χ0v) is 52.2. The predicted molar refractivity (Wildman–Crippen MR) is 339 cm³/mol. The highest BCUT2D eigenvalue weighted by Gasteiger charge is 2.19. The van der Waals surface area contributed by atoms with Crippen LogP contribution < -0.4 is 0 Å². The summed E-state index contributed by atoms with van der Waals surface area (Å²) >= 11 is 0. The molecule has 454 valence electrons. The van der Waals surface area contributed by atoms with E-state index in [1.165, 1.54) is 238 Å². The van der Waals surface area contributed by atoms with Gasteiger partial charge in [0.25, 0.3) is 0 Å². The van der Waals surface area contributed by atoms with Crippen molar-refractivity contribution >= 4 is 17.9 Å². The van der Waals surface area contributed by atoms with Crippen molar-refractivity contribution in [1.82, 2.24) is 0 Å². The molecule has 0 aliphatic heterocycles. The fraction of sp³-hybridized carbons (Fsp3) is 0.819. The molecule has 0 heterocycles. The zero-order chi connectivity index (χ0) is 56.4. The van der Waals surface area contributed by atoms with Crippen LogP contribution in [0.2, 0.25) is 0 Å².